The Labute approximate surface area is 101 Å². The quantitative estimate of drug-likeness (QED) is 0.648. The zero-order valence-corrected chi connectivity index (χ0v) is 10.4. The highest BCUT2D eigenvalue weighted by molar-refractivity contribution is 5.66. The molecule has 1 aromatic heterocycles. The van der Waals surface area contributed by atoms with E-state index >= 15 is 0 Å². The number of nitrogens with zero attached hydrogens (tertiary/aromatic N) is 2. The Hall–Kier alpha value is -1.62. The smallest absolute Gasteiger partial charge is 0.434 e. The van der Waals surface area contributed by atoms with E-state index in [1.165, 1.54) is 0 Å². The number of pyridine rings is 1. The summed E-state index contributed by atoms with van der Waals surface area (Å²) in [4.78, 5) is 15.5. The lowest BCUT2D eigenvalue weighted by Crippen LogP contribution is -2.35. The van der Waals surface area contributed by atoms with Crippen LogP contribution in [0.5, 0.6) is 0 Å². The highest BCUT2D eigenvalue weighted by atomic mass is 16.6. The van der Waals surface area contributed by atoms with Gasteiger partial charge in [0.15, 0.2) is 0 Å². The number of amides is 1. The topological polar surface area (TPSA) is 62.7 Å². The molecule has 0 unspecified atom stereocenters. The van der Waals surface area contributed by atoms with Crippen LogP contribution in [0.3, 0.4) is 0 Å². The number of hydrogen-bond donors (Lipinski definition) is 1. The van der Waals surface area contributed by atoms with Crippen molar-refractivity contribution < 1.29 is 14.7 Å². The number of ether oxygens (including phenoxy) is 1. The molecule has 0 bridgehead atoms. The van der Waals surface area contributed by atoms with Crippen molar-refractivity contribution in [1.82, 2.24) is 10.0 Å². The van der Waals surface area contributed by atoms with Crippen molar-refractivity contribution in [2.24, 2.45) is 0 Å². The summed E-state index contributed by atoms with van der Waals surface area (Å²) in [6, 6.07) is 5.51. The Bertz CT molecular complexity index is 360. The van der Waals surface area contributed by atoms with Gasteiger partial charge in [0.05, 0.1) is 6.54 Å². The monoisotopic (exact) mass is 238 g/mol. The number of hydroxylamine groups is 2. The number of aromatic nitrogens is 1. The molecule has 0 aromatic carbocycles. The molecular weight excluding hydrogens is 220 g/mol. The summed E-state index contributed by atoms with van der Waals surface area (Å²) in [7, 11) is 0. The van der Waals surface area contributed by atoms with Crippen LogP contribution >= 0.6 is 0 Å². The highest BCUT2D eigenvalue weighted by Gasteiger charge is 2.20. The zero-order chi connectivity index (χ0) is 12.9. The fourth-order valence-corrected chi connectivity index (χ4v) is 1.17. The van der Waals surface area contributed by atoms with Gasteiger partial charge < -0.3 is 4.74 Å². The molecule has 1 heterocycles. The van der Waals surface area contributed by atoms with Gasteiger partial charge in [-0.3, -0.25) is 10.2 Å². The minimum atomic E-state index is -0.742. The second-order valence-electron chi connectivity index (χ2n) is 4.67. The molecule has 0 atom stereocenters. The molecular formula is C12H18N2O3. The van der Waals surface area contributed by atoms with E-state index in [1.54, 1.807) is 27.0 Å². The Kier molecular flexibility index (Phi) is 4.45. The number of carbonyl (C=O) groups is 1. The summed E-state index contributed by atoms with van der Waals surface area (Å²) >= 11 is 0. The van der Waals surface area contributed by atoms with Gasteiger partial charge in [-0.1, -0.05) is 6.07 Å². The summed E-state index contributed by atoms with van der Waals surface area (Å²) in [6.07, 6.45) is 1.41. The van der Waals surface area contributed by atoms with E-state index in [9.17, 15) is 10.0 Å². The fourth-order valence-electron chi connectivity index (χ4n) is 1.17. The molecule has 0 aliphatic heterocycles. The van der Waals surface area contributed by atoms with Gasteiger partial charge in [-0.05, 0) is 32.9 Å². The van der Waals surface area contributed by atoms with Crippen LogP contribution in [0.1, 0.15) is 26.5 Å². The molecule has 0 aliphatic rings. The van der Waals surface area contributed by atoms with Gasteiger partial charge in [0.2, 0.25) is 0 Å². The van der Waals surface area contributed by atoms with Crippen LogP contribution in [-0.2, 0) is 11.2 Å². The predicted octanol–water partition coefficient (Wildman–Crippen LogP) is 2.25. The highest BCUT2D eigenvalue weighted by Crippen LogP contribution is 2.09. The Morgan fingerprint density at radius 3 is 2.71 bits per heavy atom. The summed E-state index contributed by atoms with van der Waals surface area (Å²) < 4.78 is 5.00. The lowest BCUT2D eigenvalue weighted by atomic mass is 10.2. The van der Waals surface area contributed by atoms with Gasteiger partial charge in [-0.15, -0.1) is 0 Å². The van der Waals surface area contributed by atoms with E-state index in [1.807, 2.05) is 18.2 Å². The third-order valence-electron chi connectivity index (χ3n) is 1.91. The molecule has 0 fully saturated rings. The number of carbonyl (C=O) groups excluding carboxylic acids is 1. The van der Waals surface area contributed by atoms with Gasteiger partial charge >= 0.3 is 6.09 Å². The van der Waals surface area contributed by atoms with Gasteiger partial charge in [0.1, 0.15) is 5.60 Å². The van der Waals surface area contributed by atoms with E-state index in [0.29, 0.717) is 11.5 Å². The van der Waals surface area contributed by atoms with Gasteiger partial charge in [-0.2, -0.15) is 5.06 Å². The standard InChI is InChI=1S/C12H18N2O3/c1-12(2,3)17-11(15)14(16)9-7-10-6-4-5-8-13-10/h4-6,8,16H,7,9H2,1-3H3. The minimum absolute atomic E-state index is 0.159. The third-order valence-corrected chi connectivity index (χ3v) is 1.91. The average molecular weight is 238 g/mol. The first-order chi connectivity index (χ1) is 7.88. The Balaban J connectivity index is 2.40. The maximum absolute atomic E-state index is 11.4. The molecule has 1 amide bonds. The molecule has 1 rings (SSSR count). The van der Waals surface area contributed by atoms with Gasteiger partial charge in [-0.25, -0.2) is 4.79 Å². The van der Waals surface area contributed by atoms with Crippen LogP contribution in [-0.4, -0.2) is 33.5 Å². The van der Waals surface area contributed by atoms with E-state index < -0.39 is 11.7 Å². The first kappa shape index (κ1) is 13.4. The summed E-state index contributed by atoms with van der Waals surface area (Å²) in [5.74, 6) is 0. The molecule has 0 radical (unpaired) electrons. The summed E-state index contributed by atoms with van der Waals surface area (Å²) in [5.41, 5.74) is 0.207. The maximum Gasteiger partial charge on any atom is 0.434 e. The molecule has 5 heteroatoms. The van der Waals surface area contributed by atoms with Crippen molar-refractivity contribution in [3.05, 3.63) is 30.1 Å². The van der Waals surface area contributed by atoms with Crippen molar-refractivity contribution in [2.75, 3.05) is 6.54 Å². The van der Waals surface area contributed by atoms with Crippen LogP contribution in [0.25, 0.3) is 0 Å². The molecule has 1 aromatic rings. The molecule has 1 N–H and O–H groups in total. The van der Waals surface area contributed by atoms with Crippen molar-refractivity contribution in [3.8, 4) is 0 Å². The van der Waals surface area contributed by atoms with Crippen LogP contribution in [0.15, 0.2) is 24.4 Å². The van der Waals surface area contributed by atoms with E-state index in [-0.39, 0.29) is 6.54 Å². The second kappa shape index (κ2) is 5.63. The largest absolute Gasteiger partial charge is 0.442 e. The summed E-state index contributed by atoms with van der Waals surface area (Å²) in [5, 5.41) is 10.0. The minimum Gasteiger partial charge on any atom is -0.442 e. The van der Waals surface area contributed by atoms with Crippen molar-refractivity contribution in [3.63, 3.8) is 0 Å². The molecule has 17 heavy (non-hydrogen) atoms. The molecule has 0 saturated carbocycles. The van der Waals surface area contributed by atoms with E-state index in [0.717, 1.165) is 5.69 Å². The predicted molar refractivity (Wildman–Crippen MR) is 62.7 cm³/mol. The normalized spacial score (nSPS) is 11.1. The first-order valence-corrected chi connectivity index (χ1v) is 5.48. The van der Waals surface area contributed by atoms with Crippen LogP contribution < -0.4 is 0 Å². The van der Waals surface area contributed by atoms with Gasteiger partial charge in [0.25, 0.3) is 0 Å². The average Bonchev–Trinajstić information content (AvgIpc) is 2.25. The second-order valence-corrected chi connectivity index (χ2v) is 4.67. The molecule has 5 nitrogen and oxygen atoms in total. The molecule has 0 saturated heterocycles. The Morgan fingerprint density at radius 2 is 2.18 bits per heavy atom. The Morgan fingerprint density at radius 1 is 1.47 bits per heavy atom. The lowest BCUT2D eigenvalue weighted by Gasteiger charge is -2.23. The first-order valence-electron chi connectivity index (χ1n) is 5.48. The van der Waals surface area contributed by atoms with Crippen molar-refractivity contribution in [2.45, 2.75) is 32.8 Å². The SMILES string of the molecule is CC(C)(C)OC(=O)N(O)CCc1ccccn1. The van der Waals surface area contributed by atoms with Crippen molar-refractivity contribution >= 4 is 6.09 Å². The molecule has 0 aliphatic carbocycles. The van der Waals surface area contributed by atoms with Crippen LogP contribution in [0.2, 0.25) is 0 Å². The lowest BCUT2D eigenvalue weighted by molar-refractivity contribution is -0.0931. The number of hydrogen-bond acceptors (Lipinski definition) is 4. The molecule has 94 valence electrons. The zero-order valence-electron chi connectivity index (χ0n) is 10.4. The van der Waals surface area contributed by atoms with Gasteiger partial charge in [0, 0.05) is 18.3 Å². The van der Waals surface area contributed by atoms with Crippen molar-refractivity contribution in [1.29, 1.82) is 0 Å². The van der Waals surface area contributed by atoms with Crippen LogP contribution in [0.4, 0.5) is 4.79 Å². The third kappa shape index (κ3) is 5.31. The van der Waals surface area contributed by atoms with Crippen LogP contribution in [0, 0.1) is 0 Å². The van der Waals surface area contributed by atoms with E-state index in [4.69, 9.17) is 4.74 Å². The fraction of sp³-hybridized carbons (Fsp3) is 0.500. The summed E-state index contributed by atoms with van der Waals surface area (Å²) in [6.45, 7) is 5.40. The molecule has 0 spiro atoms. The maximum atomic E-state index is 11.4. The number of rotatable bonds is 3. The van der Waals surface area contributed by atoms with E-state index in [2.05, 4.69) is 4.98 Å².